The number of rotatable bonds is 0. The second-order valence-corrected chi connectivity index (χ2v) is 2.82. The molecule has 0 amide bonds. The zero-order chi connectivity index (χ0) is 9.54. The highest BCUT2D eigenvalue weighted by Gasteiger charge is 2.07. The van der Waals surface area contributed by atoms with Crippen LogP contribution < -0.4 is 5.73 Å². The number of anilines is 1. The van der Waals surface area contributed by atoms with Gasteiger partial charge in [-0.05, 0) is 0 Å². The van der Waals surface area contributed by atoms with Crippen LogP contribution in [-0.2, 0) is 0 Å². The zero-order valence-electron chi connectivity index (χ0n) is 7.12. The van der Waals surface area contributed by atoms with Gasteiger partial charge in [-0.25, -0.2) is 15.0 Å². The Balaban J connectivity index is 2.66. The monoisotopic (exact) mass is 186 g/mol. The molecular weight excluding hydrogens is 180 g/mol. The molecule has 3 rings (SSSR count). The third-order valence-corrected chi connectivity index (χ3v) is 2.00. The number of fused-ring (bicyclic) bond motifs is 3. The van der Waals surface area contributed by atoms with E-state index < -0.39 is 0 Å². The predicted octanol–water partition coefficient (Wildman–Crippen LogP) is 0.255. The normalized spacial score (nSPS) is 11.1. The van der Waals surface area contributed by atoms with Gasteiger partial charge in [-0.15, -0.1) is 0 Å². The van der Waals surface area contributed by atoms with Crippen molar-refractivity contribution < 1.29 is 0 Å². The lowest BCUT2D eigenvalue weighted by molar-refractivity contribution is 1.10. The molecule has 0 bridgehead atoms. The molecule has 3 aromatic heterocycles. The van der Waals surface area contributed by atoms with Crippen molar-refractivity contribution in [2.75, 3.05) is 5.73 Å². The minimum Gasteiger partial charge on any atom is -0.369 e. The first-order valence-electron chi connectivity index (χ1n) is 4.05. The van der Waals surface area contributed by atoms with Crippen LogP contribution in [0.15, 0.2) is 24.8 Å². The number of hydrogen-bond acceptors (Lipinski definition) is 5. The van der Waals surface area contributed by atoms with Crippen LogP contribution in [-0.4, -0.2) is 24.3 Å². The van der Waals surface area contributed by atoms with Crippen LogP contribution in [0.3, 0.4) is 0 Å². The summed E-state index contributed by atoms with van der Waals surface area (Å²) in [5, 5.41) is 0. The quantitative estimate of drug-likeness (QED) is 0.544. The van der Waals surface area contributed by atoms with E-state index in [9.17, 15) is 0 Å². The van der Waals surface area contributed by atoms with E-state index in [0.29, 0.717) is 22.8 Å². The standard InChI is InChI=1S/C8H6N6/c9-8-13-6-5(10-1-2-11-6)7-12-3-4-14(7)8/h1-4H,(H2,9,11,13). The Bertz CT molecular complexity index is 613. The lowest BCUT2D eigenvalue weighted by atomic mass is 10.5. The summed E-state index contributed by atoms with van der Waals surface area (Å²) in [6.45, 7) is 0. The largest absolute Gasteiger partial charge is 0.369 e. The van der Waals surface area contributed by atoms with Crippen LogP contribution in [0, 0.1) is 0 Å². The highest BCUT2D eigenvalue weighted by molar-refractivity contribution is 5.85. The van der Waals surface area contributed by atoms with Crippen LogP contribution in [0.4, 0.5) is 5.95 Å². The molecule has 0 aliphatic rings. The maximum atomic E-state index is 5.71. The molecular formula is C8H6N6. The maximum absolute atomic E-state index is 5.71. The molecule has 0 fully saturated rings. The van der Waals surface area contributed by atoms with E-state index >= 15 is 0 Å². The molecule has 0 saturated carbocycles. The van der Waals surface area contributed by atoms with Crippen LogP contribution in [0.5, 0.6) is 0 Å². The van der Waals surface area contributed by atoms with Crippen LogP contribution in [0.1, 0.15) is 0 Å². The summed E-state index contributed by atoms with van der Waals surface area (Å²) in [7, 11) is 0. The van der Waals surface area contributed by atoms with Crippen molar-refractivity contribution in [2.45, 2.75) is 0 Å². The molecule has 0 spiro atoms. The van der Waals surface area contributed by atoms with E-state index in [1.54, 1.807) is 29.2 Å². The van der Waals surface area contributed by atoms with Crippen molar-refractivity contribution in [1.82, 2.24) is 24.3 Å². The number of nitrogens with zero attached hydrogens (tertiary/aromatic N) is 5. The second-order valence-electron chi connectivity index (χ2n) is 2.82. The zero-order valence-corrected chi connectivity index (χ0v) is 7.12. The molecule has 0 aliphatic heterocycles. The van der Waals surface area contributed by atoms with Crippen LogP contribution in [0.2, 0.25) is 0 Å². The first-order chi connectivity index (χ1) is 6.86. The Morgan fingerprint density at radius 2 is 1.93 bits per heavy atom. The van der Waals surface area contributed by atoms with Crippen molar-refractivity contribution in [3.05, 3.63) is 24.8 Å². The van der Waals surface area contributed by atoms with Gasteiger partial charge in [0.15, 0.2) is 16.8 Å². The first-order valence-corrected chi connectivity index (χ1v) is 4.05. The molecule has 0 unspecified atom stereocenters. The van der Waals surface area contributed by atoms with E-state index in [4.69, 9.17) is 5.73 Å². The molecule has 0 aromatic carbocycles. The van der Waals surface area contributed by atoms with E-state index in [1.165, 1.54) is 0 Å². The average molecular weight is 186 g/mol. The molecule has 0 radical (unpaired) electrons. The van der Waals surface area contributed by atoms with Gasteiger partial charge < -0.3 is 5.73 Å². The van der Waals surface area contributed by atoms with E-state index in [2.05, 4.69) is 19.9 Å². The van der Waals surface area contributed by atoms with Gasteiger partial charge in [-0.3, -0.25) is 4.40 Å². The SMILES string of the molecule is Nc1nc2nccnc2c2nccn12. The van der Waals surface area contributed by atoms with Crippen LogP contribution in [0.25, 0.3) is 16.8 Å². The summed E-state index contributed by atoms with van der Waals surface area (Å²) < 4.78 is 1.68. The molecule has 2 N–H and O–H groups in total. The Labute approximate surface area is 78.4 Å². The molecule has 14 heavy (non-hydrogen) atoms. The second kappa shape index (κ2) is 2.38. The average Bonchev–Trinajstić information content (AvgIpc) is 2.67. The molecule has 68 valence electrons. The summed E-state index contributed by atoms with van der Waals surface area (Å²) in [5.41, 5.74) is 7.57. The third-order valence-electron chi connectivity index (χ3n) is 2.00. The Morgan fingerprint density at radius 1 is 1.07 bits per heavy atom. The fourth-order valence-corrected chi connectivity index (χ4v) is 1.40. The number of aromatic nitrogens is 5. The van der Waals surface area contributed by atoms with Gasteiger partial charge >= 0.3 is 0 Å². The molecule has 6 nitrogen and oxygen atoms in total. The summed E-state index contributed by atoms with van der Waals surface area (Å²) in [6.07, 6.45) is 6.58. The van der Waals surface area contributed by atoms with Crippen LogP contribution >= 0.6 is 0 Å². The highest BCUT2D eigenvalue weighted by atomic mass is 15.1. The Hall–Kier alpha value is -2.24. The molecule has 0 aliphatic carbocycles. The van der Waals surface area contributed by atoms with Crippen molar-refractivity contribution in [2.24, 2.45) is 0 Å². The molecule has 0 saturated heterocycles. The van der Waals surface area contributed by atoms with E-state index in [-0.39, 0.29) is 0 Å². The van der Waals surface area contributed by atoms with Crippen molar-refractivity contribution >= 4 is 22.8 Å². The van der Waals surface area contributed by atoms with Crippen molar-refractivity contribution in [3.63, 3.8) is 0 Å². The predicted molar refractivity (Wildman–Crippen MR) is 50.5 cm³/mol. The molecule has 0 atom stereocenters. The van der Waals surface area contributed by atoms with E-state index in [1.807, 2.05) is 0 Å². The summed E-state index contributed by atoms with van der Waals surface area (Å²) in [4.78, 5) is 16.5. The molecule has 3 heterocycles. The van der Waals surface area contributed by atoms with Gasteiger partial charge in [0.05, 0.1) is 0 Å². The summed E-state index contributed by atoms with van der Waals surface area (Å²) >= 11 is 0. The molecule has 3 aromatic rings. The molecule has 6 heteroatoms. The number of hydrogen-bond donors (Lipinski definition) is 1. The topological polar surface area (TPSA) is 82.0 Å². The fraction of sp³-hybridized carbons (Fsp3) is 0. The number of nitrogens with two attached hydrogens (primary N) is 1. The minimum absolute atomic E-state index is 0.366. The van der Waals surface area contributed by atoms with Gasteiger partial charge in [-0.1, -0.05) is 0 Å². The van der Waals surface area contributed by atoms with E-state index in [0.717, 1.165) is 0 Å². The van der Waals surface area contributed by atoms with Gasteiger partial charge in [0.25, 0.3) is 0 Å². The van der Waals surface area contributed by atoms with Crippen molar-refractivity contribution in [3.8, 4) is 0 Å². The number of imidazole rings is 1. The third kappa shape index (κ3) is 0.792. The summed E-state index contributed by atoms with van der Waals surface area (Å²) in [5.74, 6) is 0.366. The van der Waals surface area contributed by atoms with Gasteiger partial charge in [-0.2, -0.15) is 4.98 Å². The Morgan fingerprint density at radius 3 is 2.86 bits per heavy atom. The highest BCUT2D eigenvalue weighted by Crippen LogP contribution is 2.14. The summed E-state index contributed by atoms with van der Waals surface area (Å²) in [6, 6.07) is 0. The first kappa shape index (κ1) is 7.19. The van der Waals surface area contributed by atoms with Gasteiger partial charge in [0.2, 0.25) is 5.95 Å². The van der Waals surface area contributed by atoms with Gasteiger partial charge in [0.1, 0.15) is 0 Å². The van der Waals surface area contributed by atoms with Crippen molar-refractivity contribution in [1.29, 1.82) is 0 Å². The fourth-order valence-electron chi connectivity index (χ4n) is 1.40. The lowest BCUT2D eigenvalue weighted by Crippen LogP contribution is -2.02. The lowest BCUT2D eigenvalue weighted by Gasteiger charge is -2.00. The van der Waals surface area contributed by atoms with Gasteiger partial charge in [0, 0.05) is 24.8 Å². The number of nitrogen functional groups attached to an aromatic ring is 1. The smallest absolute Gasteiger partial charge is 0.208 e. The minimum atomic E-state index is 0.366. The Kier molecular flexibility index (Phi) is 1.22. The maximum Gasteiger partial charge on any atom is 0.208 e.